The summed E-state index contributed by atoms with van der Waals surface area (Å²) < 4.78 is 3.63. The number of nitrogens with zero attached hydrogens (tertiary/aromatic N) is 1. The van der Waals surface area contributed by atoms with Crippen LogP contribution in [0.1, 0.15) is 5.56 Å². The molecule has 0 fully saturated rings. The highest BCUT2D eigenvalue weighted by molar-refractivity contribution is 14.1. The molecule has 0 spiro atoms. The Morgan fingerprint density at radius 3 is 2.03 bits per heavy atom. The zero-order valence-electron chi connectivity index (χ0n) is 18.3. The highest BCUT2D eigenvalue weighted by Crippen LogP contribution is 2.36. The van der Waals surface area contributed by atoms with Gasteiger partial charge in [-0.25, -0.2) is 0 Å². The van der Waals surface area contributed by atoms with Crippen LogP contribution in [-0.2, 0) is 0 Å². The van der Waals surface area contributed by atoms with Crippen LogP contribution in [0.15, 0.2) is 115 Å². The van der Waals surface area contributed by atoms with E-state index in [4.69, 9.17) is 0 Å². The molecule has 33 heavy (non-hydrogen) atoms. The maximum Gasteiger partial charge on any atom is 0.0541 e. The quantitative estimate of drug-likeness (QED) is 0.199. The van der Waals surface area contributed by atoms with Gasteiger partial charge in [-0.1, -0.05) is 78.9 Å². The molecule has 0 atom stereocenters. The number of fused-ring (bicyclic) bond motifs is 3. The lowest BCUT2D eigenvalue weighted by atomic mass is 9.97. The Balaban J connectivity index is 1.52. The zero-order valence-corrected chi connectivity index (χ0v) is 20.5. The van der Waals surface area contributed by atoms with E-state index in [2.05, 4.69) is 149 Å². The molecule has 5 aromatic carbocycles. The van der Waals surface area contributed by atoms with Crippen LogP contribution in [0.5, 0.6) is 0 Å². The molecule has 0 amide bonds. The van der Waals surface area contributed by atoms with Crippen molar-refractivity contribution in [1.29, 1.82) is 0 Å². The first-order valence-electron chi connectivity index (χ1n) is 11.2. The van der Waals surface area contributed by atoms with E-state index >= 15 is 0 Å². The third-order valence-electron chi connectivity index (χ3n) is 6.42. The number of aromatic nitrogens is 1. The van der Waals surface area contributed by atoms with Gasteiger partial charge >= 0.3 is 0 Å². The van der Waals surface area contributed by atoms with Gasteiger partial charge in [0.15, 0.2) is 0 Å². The van der Waals surface area contributed by atoms with Crippen LogP contribution in [0.2, 0.25) is 0 Å². The van der Waals surface area contributed by atoms with E-state index in [-0.39, 0.29) is 0 Å². The third-order valence-corrected chi connectivity index (χ3v) is 7.32. The standard InChI is InChI=1S/C31H22IN/c1-21-9-5-6-12-25(21)26-17-15-23(20-29(26)32)22-16-18-31-28(19-22)27-13-7-8-14-30(27)33(31)24-10-3-2-4-11-24/h2-20H,1H3. The van der Waals surface area contributed by atoms with E-state index in [9.17, 15) is 0 Å². The largest absolute Gasteiger partial charge is 0.309 e. The maximum atomic E-state index is 2.47. The number of aryl methyl sites for hydroxylation is 1. The molecule has 0 unspecified atom stereocenters. The summed E-state index contributed by atoms with van der Waals surface area (Å²) in [5, 5.41) is 2.56. The second kappa shape index (κ2) is 8.20. The number of benzene rings is 5. The van der Waals surface area contributed by atoms with Crippen molar-refractivity contribution in [1.82, 2.24) is 4.57 Å². The van der Waals surface area contributed by atoms with E-state index < -0.39 is 0 Å². The minimum absolute atomic E-state index is 1.19. The number of hydrogen-bond acceptors (Lipinski definition) is 0. The van der Waals surface area contributed by atoms with Crippen LogP contribution in [0.3, 0.4) is 0 Å². The van der Waals surface area contributed by atoms with Gasteiger partial charge in [-0.05, 0) is 93.7 Å². The lowest BCUT2D eigenvalue weighted by Crippen LogP contribution is -1.93. The van der Waals surface area contributed by atoms with E-state index in [1.807, 2.05) is 0 Å². The molecule has 0 saturated heterocycles. The van der Waals surface area contributed by atoms with Crippen molar-refractivity contribution in [2.75, 3.05) is 0 Å². The fraction of sp³-hybridized carbons (Fsp3) is 0.0323. The lowest BCUT2D eigenvalue weighted by molar-refractivity contribution is 1.18. The first kappa shape index (κ1) is 20.3. The predicted molar refractivity (Wildman–Crippen MR) is 149 cm³/mol. The van der Waals surface area contributed by atoms with Crippen LogP contribution in [0.25, 0.3) is 49.7 Å². The fourth-order valence-electron chi connectivity index (χ4n) is 4.80. The third kappa shape index (κ3) is 3.46. The van der Waals surface area contributed by atoms with Gasteiger partial charge in [-0.3, -0.25) is 0 Å². The molecule has 1 aromatic heterocycles. The zero-order chi connectivity index (χ0) is 22.4. The highest BCUT2D eigenvalue weighted by Gasteiger charge is 2.13. The van der Waals surface area contributed by atoms with Crippen molar-refractivity contribution in [3.63, 3.8) is 0 Å². The summed E-state index contributed by atoms with van der Waals surface area (Å²) in [5.74, 6) is 0. The van der Waals surface area contributed by atoms with Crippen molar-refractivity contribution >= 4 is 44.4 Å². The molecule has 1 heterocycles. The van der Waals surface area contributed by atoms with Gasteiger partial charge in [-0.15, -0.1) is 0 Å². The topological polar surface area (TPSA) is 4.93 Å². The van der Waals surface area contributed by atoms with Gasteiger partial charge in [0, 0.05) is 20.0 Å². The summed E-state index contributed by atoms with van der Waals surface area (Å²) >= 11 is 2.47. The summed E-state index contributed by atoms with van der Waals surface area (Å²) in [5.41, 5.74) is 10.0. The maximum absolute atomic E-state index is 2.47. The molecule has 2 heteroatoms. The Bertz CT molecular complexity index is 1630. The summed E-state index contributed by atoms with van der Waals surface area (Å²) in [6, 6.07) is 41.6. The average Bonchev–Trinajstić information content (AvgIpc) is 3.19. The van der Waals surface area contributed by atoms with Crippen molar-refractivity contribution in [2.24, 2.45) is 0 Å². The normalized spacial score (nSPS) is 11.3. The van der Waals surface area contributed by atoms with Gasteiger partial charge in [0.1, 0.15) is 0 Å². The lowest BCUT2D eigenvalue weighted by Gasteiger charge is -2.11. The van der Waals surface area contributed by atoms with Gasteiger partial charge in [0.25, 0.3) is 0 Å². The van der Waals surface area contributed by atoms with E-state index in [1.165, 1.54) is 58.9 Å². The first-order valence-corrected chi connectivity index (χ1v) is 12.2. The van der Waals surface area contributed by atoms with E-state index in [0.717, 1.165) is 0 Å². The number of para-hydroxylation sites is 2. The predicted octanol–water partition coefficient (Wildman–Crippen LogP) is 9.03. The Morgan fingerprint density at radius 1 is 0.545 bits per heavy atom. The van der Waals surface area contributed by atoms with Crippen LogP contribution >= 0.6 is 22.6 Å². The van der Waals surface area contributed by atoms with Crippen LogP contribution in [-0.4, -0.2) is 4.57 Å². The summed E-state index contributed by atoms with van der Waals surface area (Å²) in [4.78, 5) is 0. The SMILES string of the molecule is Cc1ccccc1-c1ccc(-c2ccc3c(c2)c2ccccc2n3-c2ccccc2)cc1I. The molecule has 0 bridgehead atoms. The first-order chi connectivity index (χ1) is 16.2. The van der Waals surface area contributed by atoms with Crippen LogP contribution in [0, 0.1) is 10.5 Å². The van der Waals surface area contributed by atoms with Crippen molar-refractivity contribution in [2.45, 2.75) is 6.92 Å². The van der Waals surface area contributed by atoms with Gasteiger partial charge in [0.2, 0.25) is 0 Å². The molecule has 1 nitrogen and oxygen atoms in total. The van der Waals surface area contributed by atoms with Gasteiger partial charge in [-0.2, -0.15) is 0 Å². The van der Waals surface area contributed by atoms with E-state index in [0.29, 0.717) is 0 Å². The van der Waals surface area contributed by atoms with Crippen molar-refractivity contribution in [3.8, 4) is 27.9 Å². The molecule has 6 rings (SSSR count). The Labute approximate surface area is 207 Å². The highest BCUT2D eigenvalue weighted by atomic mass is 127. The molecular weight excluding hydrogens is 513 g/mol. The molecule has 6 aromatic rings. The molecule has 0 aliphatic rings. The minimum atomic E-state index is 1.19. The summed E-state index contributed by atoms with van der Waals surface area (Å²) in [6.07, 6.45) is 0. The monoisotopic (exact) mass is 535 g/mol. The molecule has 0 saturated carbocycles. The van der Waals surface area contributed by atoms with E-state index in [1.54, 1.807) is 0 Å². The molecule has 158 valence electrons. The molecule has 0 aliphatic heterocycles. The van der Waals surface area contributed by atoms with Crippen molar-refractivity contribution < 1.29 is 0 Å². The fourth-order valence-corrected chi connectivity index (χ4v) is 5.60. The average molecular weight is 535 g/mol. The van der Waals surface area contributed by atoms with Gasteiger partial charge < -0.3 is 4.57 Å². The Morgan fingerprint density at radius 2 is 1.21 bits per heavy atom. The molecular formula is C31H22IN. The number of halogens is 1. The van der Waals surface area contributed by atoms with Crippen LogP contribution < -0.4 is 0 Å². The molecule has 0 radical (unpaired) electrons. The second-order valence-corrected chi connectivity index (χ2v) is 9.59. The second-order valence-electron chi connectivity index (χ2n) is 8.43. The smallest absolute Gasteiger partial charge is 0.0541 e. The minimum Gasteiger partial charge on any atom is -0.309 e. The molecule has 0 N–H and O–H groups in total. The van der Waals surface area contributed by atoms with Crippen LogP contribution in [0.4, 0.5) is 0 Å². The van der Waals surface area contributed by atoms with Crippen molar-refractivity contribution in [3.05, 3.63) is 124 Å². The Kier molecular flexibility index (Phi) is 5.03. The summed E-state index contributed by atoms with van der Waals surface area (Å²) in [6.45, 7) is 2.18. The number of hydrogen-bond donors (Lipinski definition) is 0. The summed E-state index contributed by atoms with van der Waals surface area (Å²) in [7, 11) is 0. The van der Waals surface area contributed by atoms with Gasteiger partial charge in [0.05, 0.1) is 11.0 Å². The molecule has 0 aliphatic carbocycles. The number of rotatable bonds is 3. The Hall–Kier alpha value is -3.37.